The van der Waals surface area contributed by atoms with E-state index in [-0.39, 0.29) is 36.3 Å². The van der Waals surface area contributed by atoms with Gasteiger partial charge in [0.1, 0.15) is 16.9 Å². The van der Waals surface area contributed by atoms with E-state index in [1.165, 1.54) is 4.57 Å². The minimum Gasteiger partial charge on any atom is -0.477 e. The maximum atomic E-state index is 15.8. The number of halogens is 2. The summed E-state index contributed by atoms with van der Waals surface area (Å²) >= 11 is 0. The largest absolute Gasteiger partial charge is 0.477 e. The molecular weight excluding hydrogens is 398 g/mol. The second kappa shape index (κ2) is 6.39. The van der Waals surface area contributed by atoms with Crippen LogP contribution in [-0.4, -0.2) is 47.5 Å². The third-order valence-electron chi connectivity index (χ3n) is 6.70. The van der Waals surface area contributed by atoms with Crippen molar-refractivity contribution in [3.63, 3.8) is 0 Å². The molecular formula is C20H22F2N4O4. The summed E-state index contributed by atoms with van der Waals surface area (Å²) in [7, 11) is 0. The van der Waals surface area contributed by atoms with Gasteiger partial charge in [0.05, 0.1) is 16.6 Å². The van der Waals surface area contributed by atoms with Crippen molar-refractivity contribution in [1.29, 1.82) is 0 Å². The summed E-state index contributed by atoms with van der Waals surface area (Å²) in [5.41, 5.74) is 8.67. The van der Waals surface area contributed by atoms with E-state index in [0.29, 0.717) is 26.0 Å². The van der Waals surface area contributed by atoms with Crippen LogP contribution in [0.5, 0.6) is 0 Å². The lowest BCUT2D eigenvalue weighted by Crippen LogP contribution is -2.44. The van der Waals surface area contributed by atoms with Crippen LogP contribution in [0.3, 0.4) is 0 Å². The molecule has 0 radical (unpaired) electrons. The number of ether oxygens (including phenoxy) is 1. The summed E-state index contributed by atoms with van der Waals surface area (Å²) in [5.74, 6) is -3.40. The molecule has 8 nitrogen and oxygen atoms in total. The highest BCUT2D eigenvalue weighted by molar-refractivity contribution is 5.99. The van der Waals surface area contributed by atoms with Crippen molar-refractivity contribution >= 4 is 28.2 Å². The van der Waals surface area contributed by atoms with Crippen LogP contribution in [0.4, 0.5) is 20.2 Å². The first-order valence-corrected chi connectivity index (χ1v) is 9.96. The van der Waals surface area contributed by atoms with Crippen LogP contribution in [-0.2, 0) is 4.74 Å². The van der Waals surface area contributed by atoms with Gasteiger partial charge in [0.15, 0.2) is 11.6 Å². The van der Waals surface area contributed by atoms with E-state index in [4.69, 9.17) is 16.2 Å². The van der Waals surface area contributed by atoms with E-state index in [1.54, 1.807) is 4.90 Å². The van der Waals surface area contributed by atoms with E-state index in [9.17, 15) is 14.7 Å². The van der Waals surface area contributed by atoms with E-state index in [1.807, 2.05) is 0 Å². The number of hydrogen-bond acceptors (Lipinski definition) is 6. The highest BCUT2D eigenvalue weighted by Gasteiger charge is 2.51. The van der Waals surface area contributed by atoms with Gasteiger partial charge in [-0.25, -0.2) is 13.6 Å². The smallest absolute Gasteiger partial charge is 0.341 e. The van der Waals surface area contributed by atoms with Gasteiger partial charge in [-0.05, 0) is 19.3 Å². The third kappa shape index (κ3) is 2.50. The molecule has 5 N–H and O–H groups in total. The molecule has 3 heterocycles. The maximum Gasteiger partial charge on any atom is 0.341 e. The summed E-state index contributed by atoms with van der Waals surface area (Å²) in [6.45, 7) is 1.36. The fourth-order valence-electron chi connectivity index (χ4n) is 4.95. The van der Waals surface area contributed by atoms with Crippen LogP contribution < -0.4 is 21.8 Å². The minimum atomic E-state index is -1.46. The topological polar surface area (TPSA) is 124 Å². The third-order valence-corrected chi connectivity index (χ3v) is 6.70. The zero-order valence-electron chi connectivity index (χ0n) is 16.2. The first-order valence-electron chi connectivity index (χ1n) is 9.96. The molecule has 5 rings (SSSR count). The number of carboxylic acid groups (broad SMARTS) is 1. The van der Waals surface area contributed by atoms with Crippen molar-refractivity contribution in [1.82, 2.24) is 4.57 Å². The predicted octanol–water partition coefficient (Wildman–Crippen LogP) is 1.45. The number of aromatic carboxylic acids is 1. The van der Waals surface area contributed by atoms with Crippen molar-refractivity contribution in [2.75, 3.05) is 36.9 Å². The van der Waals surface area contributed by atoms with Crippen molar-refractivity contribution in [3.05, 3.63) is 33.6 Å². The molecule has 3 aliphatic rings. The van der Waals surface area contributed by atoms with Gasteiger partial charge in [-0.1, -0.05) is 0 Å². The van der Waals surface area contributed by atoms with Crippen molar-refractivity contribution in [2.45, 2.75) is 30.9 Å². The van der Waals surface area contributed by atoms with E-state index in [0.717, 1.165) is 12.6 Å². The van der Waals surface area contributed by atoms with Gasteiger partial charge in [-0.2, -0.15) is 0 Å². The molecule has 2 aromatic rings. The van der Waals surface area contributed by atoms with Crippen LogP contribution >= 0.6 is 0 Å². The highest BCUT2D eigenvalue weighted by Crippen LogP contribution is 2.45. The SMILES string of the molecule is NCC12CN(c3c(F)c(N)c4c(=O)c(C(=O)O)cn(C5CC5)c4c3F)CC1CCO2. The number of anilines is 2. The monoisotopic (exact) mass is 420 g/mol. The quantitative estimate of drug-likeness (QED) is 0.640. The summed E-state index contributed by atoms with van der Waals surface area (Å²) < 4.78 is 38.4. The zero-order chi connectivity index (χ0) is 21.4. The molecule has 2 aliphatic heterocycles. The predicted molar refractivity (Wildman–Crippen MR) is 106 cm³/mol. The molecule has 2 atom stereocenters. The number of rotatable bonds is 4. The molecule has 1 aromatic heterocycles. The van der Waals surface area contributed by atoms with Gasteiger partial charge in [0.2, 0.25) is 5.43 Å². The Balaban J connectivity index is 1.76. The lowest BCUT2D eigenvalue weighted by Gasteiger charge is -2.28. The second-order valence-corrected chi connectivity index (χ2v) is 8.41. The van der Waals surface area contributed by atoms with Gasteiger partial charge < -0.3 is 30.8 Å². The number of pyridine rings is 1. The summed E-state index contributed by atoms with van der Waals surface area (Å²) in [5, 5.41) is 8.95. The molecule has 1 aliphatic carbocycles. The van der Waals surface area contributed by atoms with E-state index in [2.05, 4.69) is 0 Å². The summed E-state index contributed by atoms with van der Waals surface area (Å²) in [6, 6.07) is -0.157. The number of nitrogen functional groups attached to an aromatic ring is 1. The Morgan fingerprint density at radius 3 is 2.63 bits per heavy atom. The Morgan fingerprint density at radius 2 is 2.03 bits per heavy atom. The van der Waals surface area contributed by atoms with E-state index >= 15 is 8.78 Å². The molecule has 3 fully saturated rings. The van der Waals surface area contributed by atoms with Crippen molar-refractivity contribution < 1.29 is 23.4 Å². The molecule has 0 bridgehead atoms. The number of nitrogens with zero attached hydrogens (tertiary/aromatic N) is 2. The Hall–Kier alpha value is -2.72. The van der Waals surface area contributed by atoms with Crippen molar-refractivity contribution in [2.24, 2.45) is 11.7 Å². The van der Waals surface area contributed by atoms with Gasteiger partial charge in [-0.3, -0.25) is 4.79 Å². The molecule has 30 heavy (non-hydrogen) atoms. The molecule has 2 saturated heterocycles. The van der Waals surface area contributed by atoms with Crippen LogP contribution in [0.25, 0.3) is 10.9 Å². The molecule has 2 unspecified atom stereocenters. The second-order valence-electron chi connectivity index (χ2n) is 8.41. The van der Waals surface area contributed by atoms with Gasteiger partial charge in [-0.15, -0.1) is 0 Å². The summed E-state index contributed by atoms with van der Waals surface area (Å²) in [4.78, 5) is 25.8. The van der Waals surface area contributed by atoms with Crippen LogP contribution in [0.15, 0.2) is 11.0 Å². The lowest BCUT2D eigenvalue weighted by atomic mass is 9.91. The zero-order valence-corrected chi connectivity index (χ0v) is 16.2. The first-order chi connectivity index (χ1) is 14.3. The molecule has 160 valence electrons. The number of carbonyl (C=O) groups is 1. The van der Waals surface area contributed by atoms with Crippen LogP contribution in [0.1, 0.15) is 35.7 Å². The number of benzene rings is 1. The number of nitrogens with two attached hydrogens (primary N) is 2. The minimum absolute atomic E-state index is 0.0400. The van der Waals surface area contributed by atoms with Gasteiger partial charge >= 0.3 is 5.97 Å². The fourth-order valence-corrected chi connectivity index (χ4v) is 4.95. The molecule has 10 heteroatoms. The molecule has 1 saturated carbocycles. The van der Waals surface area contributed by atoms with Crippen LogP contribution in [0.2, 0.25) is 0 Å². The molecule has 0 spiro atoms. The molecule has 0 amide bonds. The number of hydrogen-bond donors (Lipinski definition) is 3. The average molecular weight is 420 g/mol. The first kappa shape index (κ1) is 19.3. The highest BCUT2D eigenvalue weighted by atomic mass is 19.1. The van der Waals surface area contributed by atoms with Gasteiger partial charge in [0.25, 0.3) is 0 Å². The Bertz CT molecular complexity index is 1150. The summed E-state index contributed by atoms with van der Waals surface area (Å²) in [6.07, 6.45) is 3.30. The Kier molecular flexibility index (Phi) is 4.10. The standard InChI is InChI=1S/C20H22F2N4O4/c21-13-15(24)12-16(26(10-1-2-10)6-11(18(12)27)19(28)29)14(22)17(13)25-5-9-3-4-30-20(9,7-23)8-25/h6,9-10H,1-5,7-8,23-24H2,(H,28,29). The lowest BCUT2D eigenvalue weighted by molar-refractivity contribution is 0.0126. The van der Waals surface area contributed by atoms with Gasteiger partial charge in [0, 0.05) is 44.4 Å². The maximum absolute atomic E-state index is 15.8. The number of carboxylic acids is 1. The Labute approximate surface area is 170 Å². The molecule has 1 aromatic carbocycles. The van der Waals surface area contributed by atoms with Crippen molar-refractivity contribution in [3.8, 4) is 0 Å². The van der Waals surface area contributed by atoms with E-state index < -0.39 is 45.3 Å². The Morgan fingerprint density at radius 1 is 1.30 bits per heavy atom. The van der Waals surface area contributed by atoms with Crippen LogP contribution in [0, 0.1) is 17.6 Å². The number of aromatic nitrogens is 1. The number of fused-ring (bicyclic) bond motifs is 2. The fraction of sp³-hybridized carbons (Fsp3) is 0.500. The average Bonchev–Trinajstić information content (AvgIpc) is 3.38. The normalized spacial score (nSPS) is 25.8.